The molecular formula is C8H16N2O2. The Morgan fingerprint density at radius 3 is 2.25 bits per heavy atom. The Kier molecular flexibility index (Phi) is 5.08. The standard InChI is InChI=1S/C8H16N2O2/c1-4-7(11)9-6-10(3)8(12)5-2/h4-6H2,1-3H3,(H,9,11). The number of hydrogen-bond donors (Lipinski definition) is 1. The summed E-state index contributed by atoms with van der Waals surface area (Å²) >= 11 is 0. The van der Waals surface area contributed by atoms with Gasteiger partial charge < -0.3 is 10.2 Å². The fourth-order valence-corrected chi connectivity index (χ4v) is 0.690. The van der Waals surface area contributed by atoms with E-state index in [-0.39, 0.29) is 11.8 Å². The summed E-state index contributed by atoms with van der Waals surface area (Å²) in [5.41, 5.74) is 0. The lowest BCUT2D eigenvalue weighted by Crippen LogP contribution is -2.38. The van der Waals surface area contributed by atoms with Gasteiger partial charge in [0.15, 0.2) is 0 Å². The molecule has 12 heavy (non-hydrogen) atoms. The zero-order valence-electron chi connectivity index (χ0n) is 7.89. The van der Waals surface area contributed by atoms with E-state index in [4.69, 9.17) is 0 Å². The fourth-order valence-electron chi connectivity index (χ4n) is 0.690. The van der Waals surface area contributed by atoms with Crippen LogP contribution in [-0.4, -0.2) is 30.4 Å². The van der Waals surface area contributed by atoms with Gasteiger partial charge in [0, 0.05) is 19.9 Å². The summed E-state index contributed by atoms with van der Waals surface area (Å²) < 4.78 is 0. The number of hydrogen-bond acceptors (Lipinski definition) is 2. The van der Waals surface area contributed by atoms with Crippen molar-refractivity contribution in [3.8, 4) is 0 Å². The van der Waals surface area contributed by atoms with Crippen molar-refractivity contribution in [2.24, 2.45) is 0 Å². The van der Waals surface area contributed by atoms with Crippen molar-refractivity contribution in [2.45, 2.75) is 26.7 Å². The van der Waals surface area contributed by atoms with Crippen LogP contribution in [0.4, 0.5) is 0 Å². The second kappa shape index (κ2) is 5.57. The largest absolute Gasteiger partial charge is 0.338 e. The first-order chi connectivity index (χ1) is 5.61. The molecule has 0 unspecified atom stereocenters. The van der Waals surface area contributed by atoms with E-state index in [9.17, 15) is 9.59 Å². The Hall–Kier alpha value is -1.06. The van der Waals surface area contributed by atoms with Crippen molar-refractivity contribution in [3.05, 3.63) is 0 Å². The number of carbonyl (C=O) groups excluding carboxylic acids is 2. The molecule has 0 aromatic carbocycles. The summed E-state index contributed by atoms with van der Waals surface area (Å²) in [6.45, 7) is 3.87. The predicted octanol–water partition coefficient (Wildman–Crippen LogP) is 0.338. The van der Waals surface area contributed by atoms with Gasteiger partial charge in [0.25, 0.3) is 0 Å². The summed E-state index contributed by atoms with van der Waals surface area (Å²) in [5, 5.41) is 2.61. The average molecular weight is 172 g/mol. The third kappa shape index (κ3) is 3.95. The molecule has 0 bridgehead atoms. The monoisotopic (exact) mass is 172 g/mol. The molecule has 0 saturated carbocycles. The maximum atomic E-state index is 11.0. The van der Waals surface area contributed by atoms with Crippen LogP contribution in [0, 0.1) is 0 Å². The van der Waals surface area contributed by atoms with E-state index >= 15 is 0 Å². The molecule has 2 amide bonds. The number of rotatable bonds is 4. The van der Waals surface area contributed by atoms with Gasteiger partial charge in [-0.3, -0.25) is 9.59 Å². The van der Waals surface area contributed by atoms with Gasteiger partial charge >= 0.3 is 0 Å². The highest BCUT2D eigenvalue weighted by Crippen LogP contribution is 1.87. The zero-order valence-corrected chi connectivity index (χ0v) is 7.89. The Bertz CT molecular complexity index is 168. The molecule has 0 atom stereocenters. The highest BCUT2D eigenvalue weighted by molar-refractivity contribution is 5.78. The highest BCUT2D eigenvalue weighted by Gasteiger charge is 2.05. The van der Waals surface area contributed by atoms with E-state index in [1.807, 2.05) is 0 Å². The quantitative estimate of drug-likeness (QED) is 0.621. The average Bonchev–Trinajstić information content (AvgIpc) is 2.11. The van der Waals surface area contributed by atoms with Crippen molar-refractivity contribution in [2.75, 3.05) is 13.7 Å². The number of amides is 2. The molecule has 0 heterocycles. The fraction of sp³-hybridized carbons (Fsp3) is 0.750. The van der Waals surface area contributed by atoms with Crippen molar-refractivity contribution in [1.29, 1.82) is 0 Å². The third-order valence-electron chi connectivity index (χ3n) is 1.56. The molecule has 0 aliphatic carbocycles. The SMILES string of the molecule is CCC(=O)NCN(C)C(=O)CC. The molecule has 0 aliphatic heterocycles. The first kappa shape index (κ1) is 10.9. The summed E-state index contributed by atoms with van der Waals surface area (Å²) in [7, 11) is 1.67. The van der Waals surface area contributed by atoms with E-state index in [0.717, 1.165) is 0 Å². The Labute approximate surface area is 72.9 Å². The number of nitrogens with zero attached hydrogens (tertiary/aromatic N) is 1. The zero-order chi connectivity index (χ0) is 9.56. The summed E-state index contributed by atoms with van der Waals surface area (Å²) in [6.07, 6.45) is 0.923. The van der Waals surface area contributed by atoms with Crippen LogP contribution >= 0.6 is 0 Å². The first-order valence-corrected chi connectivity index (χ1v) is 4.12. The van der Waals surface area contributed by atoms with Crippen LogP contribution in [0.3, 0.4) is 0 Å². The molecule has 0 spiro atoms. The van der Waals surface area contributed by atoms with Crippen LogP contribution in [0.2, 0.25) is 0 Å². The summed E-state index contributed by atoms with van der Waals surface area (Å²) in [5.74, 6) is -0.00263. The van der Waals surface area contributed by atoms with Gasteiger partial charge in [-0.2, -0.15) is 0 Å². The molecule has 0 rings (SSSR count). The molecule has 70 valence electrons. The number of carbonyl (C=O) groups is 2. The van der Waals surface area contributed by atoms with E-state index in [1.54, 1.807) is 20.9 Å². The highest BCUT2D eigenvalue weighted by atomic mass is 16.2. The second-order valence-corrected chi connectivity index (χ2v) is 2.56. The topological polar surface area (TPSA) is 49.4 Å². The van der Waals surface area contributed by atoms with Crippen LogP contribution < -0.4 is 5.32 Å². The minimum Gasteiger partial charge on any atom is -0.338 e. The normalized spacial score (nSPS) is 9.25. The number of nitrogens with one attached hydrogen (secondary N) is 1. The lowest BCUT2D eigenvalue weighted by Gasteiger charge is -2.16. The lowest BCUT2D eigenvalue weighted by molar-refractivity contribution is -0.130. The van der Waals surface area contributed by atoms with Crippen LogP contribution in [0.15, 0.2) is 0 Å². The second-order valence-electron chi connectivity index (χ2n) is 2.56. The van der Waals surface area contributed by atoms with Crippen molar-refractivity contribution < 1.29 is 9.59 Å². The molecule has 0 fully saturated rings. The molecule has 4 nitrogen and oxygen atoms in total. The smallest absolute Gasteiger partial charge is 0.223 e. The van der Waals surface area contributed by atoms with Gasteiger partial charge in [-0.05, 0) is 0 Å². The molecule has 0 aliphatic rings. The van der Waals surface area contributed by atoms with Crippen molar-refractivity contribution >= 4 is 11.8 Å². The Morgan fingerprint density at radius 1 is 1.25 bits per heavy atom. The van der Waals surface area contributed by atoms with Crippen LogP contribution in [0.25, 0.3) is 0 Å². The van der Waals surface area contributed by atoms with Gasteiger partial charge in [-0.25, -0.2) is 0 Å². The maximum absolute atomic E-state index is 11.0. The van der Waals surface area contributed by atoms with E-state index in [0.29, 0.717) is 19.5 Å². The summed E-state index contributed by atoms with van der Waals surface area (Å²) in [4.78, 5) is 23.3. The van der Waals surface area contributed by atoms with Gasteiger partial charge in [0.2, 0.25) is 11.8 Å². The third-order valence-corrected chi connectivity index (χ3v) is 1.56. The molecule has 0 aromatic heterocycles. The molecular weight excluding hydrogens is 156 g/mol. The molecule has 0 radical (unpaired) electrons. The molecule has 0 aromatic rings. The molecule has 1 N–H and O–H groups in total. The van der Waals surface area contributed by atoms with Crippen molar-refractivity contribution in [1.82, 2.24) is 10.2 Å². The van der Waals surface area contributed by atoms with Gasteiger partial charge in [0.1, 0.15) is 0 Å². The Balaban J connectivity index is 3.63. The van der Waals surface area contributed by atoms with Gasteiger partial charge in [0.05, 0.1) is 6.67 Å². The minimum absolute atomic E-state index is 0.0337. The molecule has 0 saturated heterocycles. The lowest BCUT2D eigenvalue weighted by atomic mass is 10.4. The molecule has 4 heteroatoms. The van der Waals surface area contributed by atoms with Crippen LogP contribution in [0.1, 0.15) is 26.7 Å². The summed E-state index contributed by atoms with van der Waals surface area (Å²) in [6, 6.07) is 0. The Morgan fingerprint density at radius 2 is 1.83 bits per heavy atom. The maximum Gasteiger partial charge on any atom is 0.223 e. The van der Waals surface area contributed by atoms with Gasteiger partial charge in [-0.15, -0.1) is 0 Å². The van der Waals surface area contributed by atoms with Gasteiger partial charge in [-0.1, -0.05) is 13.8 Å². The first-order valence-electron chi connectivity index (χ1n) is 4.12. The van der Waals surface area contributed by atoms with E-state index in [1.165, 1.54) is 4.90 Å². The predicted molar refractivity (Wildman–Crippen MR) is 46.4 cm³/mol. The minimum atomic E-state index is -0.0363. The van der Waals surface area contributed by atoms with Crippen LogP contribution in [-0.2, 0) is 9.59 Å². The van der Waals surface area contributed by atoms with Crippen molar-refractivity contribution in [3.63, 3.8) is 0 Å². The van der Waals surface area contributed by atoms with E-state index in [2.05, 4.69) is 5.32 Å². The van der Waals surface area contributed by atoms with E-state index < -0.39 is 0 Å². The van der Waals surface area contributed by atoms with Crippen LogP contribution in [0.5, 0.6) is 0 Å².